The second-order valence-electron chi connectivity index (χ2n) is 8.86. The van der Waals surface area contributed by atoms with Gasteiger partial charge >= 0.3 is 0 Å². The number of likely N-dealkylation sites (tertiary alicyclic amines) is 1. The van der Waals surface area contributed by atoms with Crippen molar-refractivity contribution in [1.29, 1.82) is 0 Å². The van der Waals surface area contributed by atoms with Crippen LogP contribution in [0.3, 0.4) is 0 Å². The molecule has 1 aromatic heterocycles. The molecule has 1 unspecified atom stereocenters. The fourth-order valence-electron chi connectivity index (χ4n) is 4.96. The van der Waals surface area contributed by atoms with E-state index in [9.17, 15) is 14.0 Å². The van der Waals surface area contributed by atoms with Crippen molar-refractivity contribution in [3.8, 4) is 21.9 Å². The van der Waals surface area contributed by atoms with E-state index in [-0.39, 0.29) is 23.7 Å². The average molecular weight is 496 g/mol. The maximum absolute atomic E-state index is 13.9. The van der Waals surface area contributed by atoms with Gasteiger partial charge in [0.05, 0.1) is 35.7 Å². The van der Waals surface area contributed by atoms with Crippen molar-refractivity contribution >= 4 is 23.2 Å². The van der Waals surface area contributed by atoms with Crippen molar-refractivity contribution in [2.45, 2.75) is 19.4 Å². The summed E-state index contributed by atoms with van der Waals surface area (Å²) in [5, 5.41) is 3.73. The zero-order chi connectivity index (χ0) is 24.7. The minimum atomic E-state index is -0.358. The van der Waals surface area contributed by atoms with Gasteiger partial charge in [-0.05, 0) is 55.0 Å². The summed E-state index contributed by atoms with van der Waals surface area (Å²) in [4.78, 5) is 33.6. The smallest absolute Gasteiger partial charge is 0.274 e. The Kier molecular flexibility index (Phi) is 6.19. The van der Waals surface area contributed by atoms with Crippen molar-refractivity contribution in [2.24, 2.45) is 11.8 Å². The number of para-hydroxylation sites is 1. The van der Waals surface area contributed by atoms with E-state index < -0.39 is 0 Å². The number of rotatable bonds is 7. The number of ether oxygens (including phenoxy) is 2. The highest BCUT2D eigenvalue weighted by atomic mass is 32.1. The zero-order valence-corrected chi connectivity index (χ0v) is 20.5. The Morgan fingerprint density at radius 1 is 1.20 bits per heavy atom. The molecule has 0 radical (unpaired) electrons. The van der Waals surface area contributed by atoms with E-state index in [0.29, 0.717) is 58.1 Å². The largest absolute Gasteiger partial charge is 0.493 e. The Bertz CT molecular complexity index is 1290. The number of hydrogen-bond acceptors (Lipinski definition) is 6. The number of methoxy groups -OCH3 is 2. The summed E-state index contributed by atoms with van der Waals surface area (Å²) in [6, 6.07) is 11.2. The van der Waals surface area contributed by atoms with Crippen molar-refractivity contribution in [3.63, 3.8) is 0 Å². The fraction of sp³-hybridized carbons (Fsp3) is 0.346. The summed E-state index contributed by atoms with van der Waals surface area (Å²) in [5.74, 6) is 0.801. The van der Waals surface area contributed by atoms with Crippen LogP contribution in [-0.4, -0.2) is 55.0 Å². The number of amides is 2. The monoisotopic (exact) mass is 495 g/mol. The number of benzene rings is 2. The highest BCUT2D eigenvalue weighted by Gasteiger charge is 2.54. The third kappa shape index (κ3) is 4.36. The van der Waals surface area contributed by atoms with Crippen molar-refractivity contribution in [3.05, 3.63) is 64.5 Å². The molecule has 7 nitrogen and oxygen atoms in total. The van der Waals surface area contributed by atoms with E-state index in [1.165, 1.54) is 37.7 Å². The van der Waals surface area contributed by atoms with Gasteiger partial charge in [-0.15, -0.1) is 11.3 Å². The number of aromatic nitrogens is 1. The molecule has 2 fully saturated rings. The number of piperidine rings is 1. The van der Waals surface area contributed by atoms with E-state index in [1.54, 1.807) is 30.3 Å². The minimum absolute atomic E-state index is 0.129. The molecule has 9 heteroatoms. The third-order valence-electron chi connectivity index (χ3n) is 6.71. The van der Waals surface area contributed by atoms with E-state index in [1.807, 2.05) is 11.8 Å². The van der Waals surface area contributed by atoms with Crippen LogP contribution >= 0.6 is 11.3 Å². The number of fused-ring (bicyclic) bond motifs is 1. The minimum Gasteiger partial charge on any atom is -0.493 e. The molecule has 3 atom stereocenters. The van der Waals surface area contributed by atoms with Gasteiger partial charge in [0.15, 0.2) is 11.5 Å². The van der Waals surface area contributed by atoms with Crippen molar-refractivity contribution in [1.82, 2.24) is 15.2 Å². The van der Waals surface area contributed by atoms with Gasteiger partial charge in [-0.25, -0.2) is 9.37 Å². The van der Waals surface area contributed by atoms with Crippen LogP contribution < -0.4 is 14.8 Å². The zero-order valence-electron chi connectivity index (χ0n) is 19.7. The molecule has 1 aliphatic heterocycles. The van der Waals surface area contributed by atoms with Gasteiger partial charge in [0.2, 0.25) is 0 Å². The molecule has 0 bridgehead atoms. The Hall–Kier alpha value is -3.46. The maximum Gasteiger partial charge on any atom is 0.274 e. The molecule has 2 amide bonds. The number of hydrogen-bond donors (Lipinski definition) is 1. The molecule has 0 spiro atoms. The Morgan fingerprint density at radius 2 is 2.00 bits per heavy atom. The summed E-state index contributed by atoms with van der Waals surface area (Å²) >= 11 is 1.38. The predicted molar refractivity (Wildman–Crippen MR) is 131 cm³/mol. The lowest BCUT2D eigenvalue weighted by Crippen LogP contribution is -2.45. The molecule has 2 aliphatic rings. The lowest BCUT2D eigenvalue weighted by atomic mass is 10.1. The molecular formula is C26H26FN3O4S. The molecule has 1 saturated heterocycles. The molecule has 1 aliphatic carbocycles. The number of carbonyl (C=O) groups excluding carboxylic acids is 2. The van der Waals surface area contributed by atoms with Crippen molar-refractivity contribution in [2.75, 3.05) is 27.3 Å². The normalized spacial score (nSPS) is 20.3. The van der Waals surface area contributed by atoms with Crippen LogP contribution in [0.25, 0.3) is 10.4 Å². The van der Waals surface area contributed by atoms with E-state index >= 15 is 0 Å². The second kappa shape index (κ2) is 9.30. The number of thiazole rings is 1. The molecule has 35 heavy (non-hydrogen) atoms. The summed E-state index contributed by atoms with van der Waals surface area (Å²) in [6.07, 6.45) is 1.04. The topological polar surface area (TPSA) is 80.8 Å². The standard InChI is InChI=1S/C26H26FN3O4S/c1-14-29-22(24(35-14)15-6-4-7-17(27)10-15)26(32)30-13-16-11-19(16)20(30)12-28-25(31)18-8-5-9-21(33-2)23(18)34-3/h4-10,16,19-20H,11-13H2,1-3H3,(H,28,31)/t16-,19?,20-/m1/s1. The molecule has 5 rings (SSSR count). The third-order valence-corrected chi connectivity index (χ3v) is 7.73. The first-order valence-corrected chi connectivity index (χ1v) is 12.3. The second-order valence-corrected chi connectivity index (χ2v) is 10.1. The molecule has 2 heterocycles. The van der Waals surface area contributed by atoms with Crippen LogP contribution in [0.2, 0.25) is 0 Å². The SMILES string of the molecule is COc1cccc(C(=O)NC[C@@H]2C3C[C@@H]3CN2C(=O)c2nc(C)sc2-c2cccc(F)c2)c1OC. The van der Waals surface area contributed by atoms with Crippen LogP contribution in [-0.2, 0) is 0 Å². The van der Waals surface area contributed by atoms with Crippen LogP contribution in [0.15, 0.2) is 42.5 Å². The van der Waals surface area contributed by atoms with Gasteiger partial charge in [0.1, 0.15) is 11.5 Å². The number of nitrogens with one attached hydrogen (secondary N) is 1. The maximum atomic E-state index is 13.9. The van der Waals surface area contributed by atoms with Crippen molar-refractivity contribution < 1.29 is 23.5 Å². The number of nitrogens with zero attached hydrogens (tertiary/aromatic N) is 2. The first kappa shape index (κ1) is 23.3. The Morgan fingerprint density at radius 3 is 2.74 bits per heavy atom. The Balaban J connectivity index is 1.36. The number of aryl methyl sites for hydroxylation is 1. The fourth-order valence-corrected chi connectivity index (χ4v) is 5.87. The number of halogens is 1. The summed E-state index contributed by atoms with van der Waals surface area (Å²) < 4.78 is 24.5. The van der Waals surface area contributed by atoms with E-state index in [2.05, 4.69) is 10.3 Å². The molecule has 1 saturated carbocycles. The van der Waals surface area contributed by atoms with E-state index in [0.717, 1.165) is 11.4 Å². The highest BCUT2D eigenvalue weighted by molar-refractivity contribution is 7.15. The lowest BCUT2D eigenvalue weighted by Gasteiger charge is -2.27. The van der Waals surface area contributed by atoms with Gasteiger partial charge in [-0.2, -0.15) is 0 Å². The highest BCUT2D eigenvalue weighted by Crippen LogP contribution is 2.50. The number of carbonyl (C=O) groups is 2. The van der Waals surface area contributed by atoms with E-state index in [4.69, 9.17) is 9.47 Å². The molecule has 3 aromatic rings. The van der Waals surface area contributed by atoms with Gasteiger partial charge in [-0.1, -0.05) is 18.2 Å². The van der Waals surface area contributed by atoms with Gasteiger partial charge < -0.3 is 19.7 Å². The van der Waals surface area contributed by atoms with Crippen LogP contribution in [0.5, 0.6) is 11.5 Å². The first-order chi connectivity index (χ1) is 16.9. The van der Waals surface area contributed by atoms with Gasteiger partial charge in [-0.3, -0.25) is 9.59 Å². The van der Waals surface area contributed by atoms with Gasteiger partial charge in [0, 0.05) is 13.1 Å². The summed E-state index contributed by atoms with van der Waals surface area (Å²) in [5.41, 5.74) is 1.35. The molecule has 182 valence electrons. The average Bonchev–Trinajstić information content (AvgIpc) is 3.37. The lowest BCUT2D eigenvalue weighted by molar-refractivity contribution is 0.0690. The van der Waals surface area contributed by atoms with Crippen LogP contribution in [0.4, 0.5) is 4.39 Å². The molecule has 2 aromatic carbocycles. The summed E-state index contributed by atoms with van der Waals surface area (Å²) in [6.45, 7) is 2.79. The first-order valence-electron chi connectivity index (χ1n) is 11.4. The molecular weight excluding hydrogens is 469 g/mol. The summed E-state index contributed by atoms with van der Waals surface area (Å²) in [7, 11) is 3.01. The predicted octanol–water partition coefficient (Wildman–Crippen LogP) is 4.17. The van der Waals surface area contributed by atoms with Gasteiger partial charge in [0.25, 0.3) is 11.8 Å². The van der Waals surface area contributed by atoms with Crippen LogP contribution in [0.1, 0.15) is 32.3 Å². The Labute approximate surface area is 206 Å². The molecule has 1 N–H and O–H groups in total. The van der Waals surface area contributed by atoms with Crippen LogP contribution in [0, 0.1) is 24.6 Å². The quantitative estimate of drug-likeness (QED) is 0.532.